The van der Waals surface area contributed by atoms with E-state index in [1.807, 2.05) is 18.3 Å². The topological polar surface area (TPSA) is 98.1 Å². The van der Waals surface area contributed by atoms with Crippen molar-refractivity contribution in [1.29, 1.82) is 0 Å². The number of hydrogen-bond acceptors (Lipinski definition) is 6. The van der Waals surface area contributed by atoms with E-state index in [9.17, 15) is 0 Å². The summed E-state index contributed by atoms with van der Waals surface area (Å²) >= 11 is 0. The highest BCUT2D eigenvalue weighted by Crippen LogP contribution is 2.29. The van der Waals surface area contributed by atoms with Crippen LogP contribution in [-0.2, 0) is 19.4 Å². The van der Waals surface area contributed by atoms with Gasteiger partial charge in [0, 0.05) is 36.4 Å². The van der Waals surface area contributed by atoms with E-state index in [4.69, 9.17) is 10.1 Å². The highest BCUT2D eigenvalue weighted by Gasteiger charge is 2.13. The fourth-order valence-corrected chi connectivity index (χ4v) is 4.19. The molecule has 0 aliphatic rings. The van der Waals surface area contributed by atoms with Crippen LogP contribution in [0, 0.1) is 0 Å². The van der Waals surface area contributed by atoms with Crippen LogP contribution in [0.3, 0.4) is 0 Å². The van der Waals surface area contributed by atoms with Gasteiger partial charge in [0.25, 0.3) is 0 Å². The van der Waals surface area contributed by atoms with Crippen molar-refractivity contribution in [3.05, 3.63) is 95.8 Å². The van der Waals surface area contributed by atoms with E-state index in [1.54, 1.807) is 6.20 Å². The maximum Gasteiger partial charge on any atom is 0.180 e. The Hall–Kier alpha value is -4.20. The molecule has 0 saturated heterocycles. The summed E-state index contributed by atoms with van der Waals surface area (Å²) in [6.07, 6.45) is 8.78. The van der Waals surface area contributed by atoms with E-state index in [0.29, 0.717) is 12.4 Å². The minimum atomic E-state index is 0.622. The minimum absolute atomic E-state index is 0.622. The number of hydrogen-bond donors (Lipinski definition) is 1. The predicted octanol–water partition coefficient (Wildman–Crippen LogP) is 4.89. The first-order valence-corrected chi connectivity index (χ1v) is 12.0. The minimum Gasteiger partial charge on any atom is -0.264 e. The fourth-order valence-electron chi connectivity index (χ4n) is 4.19. The SMILES string of the molecule is CCCCCc1nc(Cc2ccccc2)nn1Cc1ccc(-c2cnccc2-c2nnn[nH]2)cc1. The lowest BCUT2D eigenvalue weighted by molar-refractivity contribution is 0.605. The molecule has 3 heterocycles. The molecule has 35 heavy (non-hydrogen) atoms. The molecule has 3 aromatic heterocycles. The Morgan fingerprint density at radius 1 is 0.886 bits per heavy atom. The number of aromatic nitrogens is 8. The van der Waals surface area contributed by atoms with Crippen molar-refractivity contribution in [2.24, 2.45) is 0 Å². The van der Waals surface area contributed by atoms with Crippen LogP contribution in [0.2, 0.25) is 0 Å². The molecule has 0 radical (unpaired) electrons. The average Bonchev–Trinajstić information content (AvgIpc) is 3.56. The molecule has 176 valence electrons. The summed E-state index contributed by atoms with van der Waals surface area (Å²) in [5.74, 6) is 2.55. The lowest BCUT2D eigenvalue weighted by atomic mass is 10.0. The lowest BCUT2D eigenvalue weighted by Gasteiger charge is -2.09. The van der Waals surface area contributed by atoms with E-state index < -0.39 is 0 Å². The maximum atomic E-state index is 4.90. The van der Waals surface area contributed by atoms with Crippen LogP contribution >= 0.6 is 0 Å². The molecule has 0 spiro atoms. The number of benzene rings is 2. The number of H-pyrrole nitrogens is 1. The van der Waals surface area contributed by atoms with Crippen molar-refractivity contribution >= 4 is 0 Å². The number of aryl methyl sites for hydroxylation is 1. The van der Waals surface area contributed by atoms with Gasteiger partial charge in [0.05, 0.1) is 6.54 Å². The van der Waals surface area contributed by atoms with Gasteiger partial charge < -0.3 is 0 Å². The molecule has 0 aliphatic carbocycles. The third kappa shape index (κ3) is 5.48. The van der Waals surface area contributed by atoms with Crippen molar-refractivity contribution < 1.29 is 0 Å². The number of rotatable bonds is 10. The van der Waals surface area contributed by atoms with Gasteiger partial charge in [-0.25, -0.2) is 14.8 Å². The van der Waals surface area contributed by atoms with Crippen molar-refractivity contribution in [2.75, 3.05) is 0 Å². The summed E-state index contributed by atoms with van der Waals surface area (Å²) in [6, 6.07) is 20.8. The van der Waals surface area contributed by atoms with Gasteiger partial charge in [-0.1, -0.05) is 74.4 Å². The van der Waals surface area contributed by atoms with E-state index in [2.05, 4.69) is 85.7 Å². The molecule has 0 saturated carbocycles. The molecular formula is C27H28N8. The lowest BCUT2D eigenvalue weighted by Crippen LogP contribution is -2.07. The van der Waals surface area contributed by atoms with Crippen molar-refractivity contribution in [3.8, 4) is 22.5 Å². The molecule has 1 N–H and O–H groups in total. The van der Waals surface area contributed by atoms with Crippen LogP contribution in [0.25, 0.3) is 22.5 Å². The Morgan fingerprint density at radius 2 is 1.74 bits per heavy atom. The van der Waals surface area contributed by atoms with Gasteiger partial charge in [0.15, 0.2) is 11.6 Å². The summed E-state index contributed by atoms with van der Waals surface area (Å²) < 4.78 is 2.07. The number of unbranched alkanes of at least 4 members (excludes halogenated alkanes) is 2. The average molecular weight is 465 g/mol. The Kier molecular flexibility index (Phi) is 6.98. The molecule has 0 unspecified atom stereocenters. The molecule has 8 nitrogen and oxygen atoms in total. The van der Waals surface area contributed by atoms with Gasteiger partial charge in [-0.05, 0) is 39.6 Å². The number of pyridine rings is 1. The monoisotopic (exact) mass is 464 g/mol. The summed E-state index contributed by atoms with van der Waals surface area (Å²) in [5, 5.41) is 19.2. The Morgan fingerprint density at radius 3 is 2.51 bits per heavy atom. The molecule has 0 atom stereocenters. The molecule has 0 bridgehead atoms. The molecule has 0 aliphatic heterocycles. The third-order valence-corrected chi connectivity index (χ3v) is 6.02. The third-order valence-electron chi connectivity index (χ3n) is 6.02. The van der Waals surface area contributed by atoms with Gasteiger partial charge in [0.2, 0.25) is 0 Å². The molecule has 0 fully saturated rings. The van der Waals surface area contributed by atoms with Crippen molar-refractivity contribution in [2.45, 2.75) is 45.6 Å². The second-order valence-electron chi connectivity index (χ2n) is 8.59. The molecule has 8 heteroatoms. The zero-order chi connectivity index (χ0) is 23.9. The Balaban J connectivity index is 1.37. The van der Waals surface area contributed by atoms with Crippen molar-refractivity contribution in [3.63, 3.8) is 0 Å². The van der Waals surface area contributed by atoms with E-state index in [-0.39, 0.29) is 0 Å². The summed E-state index contributed by atoms with van der Waals surface area (Å²) in [7, 11) is 0. The van der Waals surface area contributed by atoms with E-state index in [0.717, 1.165) is 47.6 Å². The molecule has 5 aromatic rings. The highest BCUT2D eigenvalue weighted by atomic mass is 15.5. The van der Waals surface area contributed by atoms with Crippen LogP contribution in [0.5, 0.6) is 0 Å². The number of tetrazole rings is 1. The van der Waals surface area contributed by atoms with E-state index >= 15 is 0 Å². The van der Waals surface area contributed by atoms with Crippen molar-refractivity contribution in [1.82, 2.24) is 40.4 Å². The van der Waals surface area contributed by atoms with Crippen LogP contribution in [0.1, 0.15) is 49.0 Å². The zero-order valence-corrected chi connectivity index (χ0v) is 19.8. The quantitative estimate of drug-likeness (QED) is 0.296. The number of nitrogens with zero attached hydrogens (tertiary/aromatic N) is 7. The van der Waals surface area contributed by atoms with Gasteiger partial charge >= 0.3 is 0 Å². The Labute approximate surface area is 204 Å². The maximum absolute atomic E-state index is 4.90. The normalized spacial score (nSPS) is 11.1. The smallest absolute Gasteiger partial charge is 0.180 e. The summed E-state index contributed by atoms with van der Waals surface area (Å²) in [4.78, 5) is 9.20. The van der Waals surface area contributed by atoms with Gasteiger partial charge in [-0.15, -0.1) is 5.10 Å². The van der Waals surface area contributed by atoms with Gasteiger partial charge in [-0.3, -0.25) is 4.98 Å². The highest BCUT2D eigenvalue weighted by molar-refractivity contribution is 5.79. The first kappa shape index (κ1) is 22.6. The second-order valence-corrected chi connectivity index (χ2v) is 8.59. The number of aromatic amines is 1. The summed E-state index contributed by atoms with van der Waals surface area (Å²) in [6.45, 7) is 2.91. The van der Waals surface area contributed by atoms with E-state index in [1.165, 1.54) is 24.0 Å². The fraction of sp³-hybridized carbons (Fsp3) is 0.259. The molecule has 0 amide bonds. The number of nitrogens with one attached hydrogen (secondary N) is 1. The van der Waals surface area contributed by atoms with Crippen LogP contribution < -0.4 is 0 Å². The largest absolute Gasteiger partial charge is 0.264 e. The van der Waals surface area contributed by atoms with Crippen LogP contribution in [0.15, 0.2) is 73.1 Å². The molecular weight excluding hydrogens is 436 g/mol. The Bertz CT molecular complexity index is 1340. The zero-order valence-electron chi connectivity index (χ0n) is 19.8. The first-order valence-electron chi connectivity index (χ1n) is 12.0. The first-order chi connectivity index (χ1) is 17.3. The molecule has 2 aromatic carbocycles. The van der Waals surface area contributed by atoms with Crippen LogP contribution in [0.4, 0.5) is 0 Å². The van der Waals surface area contributed by atoms with Crippen LogP contribution in [-0.4, -0.2) is 40.4 Å². The standard InChI is InChI=1S/C27H28N8/c1-2-3-5-10-26-29-25(17-20-8-6-4-7-9-20)32-35(26)19-21-11-13-22(14-12-21)24-18-28-16-15-23(24)27-30-33-34-31-27/h4,6-9,11-16,18H,2-3,5,10,17,19H2,1H3,(H,30,31,33,34). The van der Waals surface area contributed by atoms with Gasteiger partial charge in [-0.2, -0.15) is 5.10 Å². The van der Waals surface area contributed by atoms with Gasteiger partial charge in [0.1, 0.15) is 5.82 Å². The molecule has 5 rings (SSSR count). The summed E-state index contributed by atoms with van der Waals surface area (Å²) in [5.41, 5.74) is 5.35. The second kappa shape index (κ2) is 10.8. The predicted molar refractivity (Wildman–Crippen MR) is 134 cm³/mol.